The van der Waals surface area contributed by atoms with Crippen molar-refractivity contribution in [3.63, 3.8) is 0 Å². The smallest absolute Gasteiger partial charge is 0.417 e. The fraction of sp³-hybridized carbons (Fsp3) is 0.632. The van der Waals surface area contributed by atoms with Crippen molar-refractivity contribution >= 4 is 34.8 Å². The van der Waals surface area contributed by atoms with Crippen molar-refractivity contribution in [2.75, 3.05) is 26.2 Å². The number of hydrogen-bond donors (Lipinski definition) is 4. The molecule has 1 aliphatic carbocycles. The molecule has 11 heteroatoms. The fourth-order valence-corrected chi connectivity index (χ4v) is 8.30. The normalized spacial score (nSPS) is 24.9. The van der Waals surface area contributed by atoms with Crippen LogP contribution < -0.4 is 16.0 Å². The maximum atomic E-state index is 14.5. The highest BCUT2D eigenvalue weighted by Gasteiger charge is 2.67. The van der Waals surface area contributed by atoms with Gasteiger partial charge in [-0.15, -0.1) is 0 Å². The van der Waals surface area contributed by atoms with Crippen molar-refractivity contribution in [2.45, 2.75) is 104 Å². The Morgan fingerprint density at radius 1 is 1.04 bits per heavy atom. The molecule has 4 bridgehead atoms. The Hall–Kier alpha value is -3.70. The first-order valence-electron chi connectivity index (χ1n) is 17.8. The van der Waals surface area contributed by atoms with Crippen LogP contribution in [0.2, 0.25) is 0 Å². The fourth-order valence-electron chi connectivity index (χ4n) is 8.30. The minimum absolute atomic E-state index is 0.00855. The Bertz CT molecular complexity index is 1540. The third kappa shape index (κ3) is 8.20. The number of hydrogen-bond acceptors (Lipinski definition) is 8. The number of nitrogens with zero attached hydrogens (tertiary/aromatic N) is 2. The molecule has 3 amide bonds. The van der Waals surface area contributed by atoms with Crippen LogP contribution in [0, 0.1) is 29.1 Å². The summed E-state index contributed by atoms with van der Waals surface area (Å²) in [5, 5.41) is 20.4. The lowest BCUT2D eigenvalue weighted by molar-refractivity contribution is -0.139. The van der Waals surface area contributed by atoms with Crippen LogP contribution in [-0.2, 0) is 20.8 Å². The quantitative estimate of drug-likeness (QED) is 0.193. The van der Waals surface area contributed by atoms with Crippen molar-refractivity contribution in [1.29, 1.82) is 5.41 Å². The summed E-state index contributed by atoms with van der Waals surface area (Å²) in [6.07, 6.45) is 1.04. The molecule has 5 atom stereocenters. The molecule has 0 radical (unpaired) electrons. The van der Waals surface area contributed by atoms with Gasteiger partial charge in [-0.05, 0) is 101 Å². The van der Waals surface area contributed by atoms with E-state index in [2.05, 4.69) is 59.0 Å². The number of nitrogens with one attached hydrogen (secondary N) is 4. The topological polar surface area (TPSA) is 136 Å². The van der Waals surface area contributed by atoms with Crippen LogP contribution in [0.5, 0.6) is 0 Å². The second kappa shape index (κ2) is 14.3. The number of alkyl carbamates (subject to hydrolysis) is 1. The van der Waals surface area contributed by atoms with Gasteiger partial charge >= 0.3 is 12.2 Å². The van der Waals surface area contributed by atoms with E-state index in [9.17, 15) is 14.4 Å². The van der Waals surface area contributed by atoms with Gasteiger partial charge in [-0.3, -0.25) is 20.4 Å². The molecule has 4 fully saturated rings. The molecule has 5 unspecified atom stereocenters. The summed E-state index contributed by atoms with van der Waals surface area (Å²) in [5.74, 6) is 1.18. The van der Waals surface area contributed by atoms with E-state index >= 15 is 0 Å². The summed E-state index contributed by atoms with van der Waals surface area (Å²) in [4.78, 5) is 43.8. The van der Waals surface area contributed by atoms with E-state index in [1.165, 1.54) is 0 Å². The molecule has 0 aromatic heterocycles. The van der Waals surface area contributed by atoms with Crippen LogP contribution in [-0.4, -0.2) is 82.8 Å². The van der Waals surface area contributed by atoms with Gasteiger partial charge in [0.05, 0.1) is 0 Å². The molecule has 49 heavy (non-hydrogen) atoms. The molecule has 2 aromatic carbocycles. The summed E-state index contributed by atoms with van der Waals surface area (Å²) in [7, 11) is 0. The lowest BCUT2D eigenvalue weighted by Crippen LogP contribution is -2.76. The third-order valence-corrected chi connectivity index (χ3v) is 9.98. The monoisotopic (exact) mass is 676 g/mol. The van der Waals surface area contributed by atoms with Crippen molar-refractivity contribution in [3.05, 3.63) is 48.0 Å². The molecular weight excluding hydrogens is 620 g/mol. The van der Waals surface area contributed by atoms with Gasteiger partial charge in [-0.1, -0.05) is 56.3 Å². The molecule has 11 nitrogen and oxygen atoms in total. The number of fused-ring (bicyclic) bond motifs is 2. The molecule has 4 N–H and O–H groups in total. The van der Waals surface area contributed by atoms with E-state index in [1.807, 2.05) is 18.2 Å². The van der Waals surface area contributed by atoms with E-state index in [0.717, 1.165) is 47.2 Å². The molecule has 268 valence electrons. The predicted octanol–water partition coefficient (Wildman–Crippen LogP) is 5.87. The molecule has 3 heterocycles. The maximum Gasteiger partial charge on any atom is 0.417 e. The number of carbonyl (C=O) groups is 3. The minimum atomic E-state index is -0.811. The summed E-state index contributed by atoms with van der Waals surface area (Å²) in [6.45, 7) is 17.9. The van der Waals surface area contributed by atoms with Crippen LogP contribution in [0.4, 0.5) is 9.59 Å². The molecular formula is C38H56N6O5. The van der Waals surface area contributed by atoms with Gasteiger partial charge in [0, 0.05) is 38.1 Å². The van der Waals surface area contributed by atoms with Gasteiger partial charge < -0.3 is 20.1 Å². The van der Waals surface area contributed by atoms with E-state index in [0.29, 0.717) is 37.3 Å². The van der Waals surface area contributed by atoms with Crippen LogP contribution in [0.25, 0.3) is 10.8 Å². The Balaban J connectivity index is 1.33. The van der Waals surface area contributed by atoms with Crippen molar-refractivity contribution in [2.24, 2.45) is 23.7 Å². The van der Waals surface area contributed by atoms with Crippen LogP contribution in [0.1, 0.15) is 80.2 Å². The number of ether oxygens (including phenoxy) is 2. The number of rotatable bonds is 9. The van der Waals surface area contributed by atoms with Crippen LogP contribution in [0.15, 0.2) is 42.5 Å². The van der Waals surface area contributed by atoms with Crippen molar-refractivity contribution in [1.82, 2.24) is 25.8 Å². The van der Waals surface area contributed by atoms with Gasteiger partial charge in [-0.25, -0.2) is 14.5 Å². The lowest BCUT2D eigenvalue weighted by atomic mass is 9.58. The van der Waals surface area contributed by atoms with Crippen LogP contribution in [0.3, 0.4) is 0 Å². The van der Waals surface area contributed by atoms with Gasteiger partial charge in [0.25, 0.3) is 0 Å². The molecule has 1 saturated carbocycles. The number of likely N-dealkylation sites (tertiary alicyclic amines) is 1. The number of piperidine rings is 2. The Morgan fingerprint density at radius 3 is 2.43 bits per heavy atom. The lowest BCUT2D eigenvalue weighted by Gasteiger charge is -2.56. The van der Waals surface area contributed by atoms with Crippen LogP contribution >= 0.6 is 0 Å². The zero-order valence-corrected chi connectivity index (χ0v) is 30.5. The zero-order chi connectivity index (χ0) is 35.7. The predicted molar refractivity (Wildman–Crippen MR) is 191 cm³/mol. The van der Waals surface area contributed by atoms with Gasteiger partial charge in [0.1, 0.15) is 16.7 Å². The Labute approximate surface area is 291 Å². The SMILES string of the molecule is CC(C)CC1C2CNC3(C(=O)NCc4cccc5ccccc45)C(C2)CN(CCCN(C(=N)NC(=O)OC(C)(C)C)C(=O)OC(C)(C)C)C13. The van der Waals surface area contributed by atoms with E-state index < -0.39 is 34.9 Å². The second-order valence-corrected chi connectivity index (χ2v) is 16.5. The summed E-state index contributed by atoms with van der Waals surface area (Å²) in [5.41, 5.74) is -1.14. The number of guanidine groups is 1. The maximum absolute atomic E-state index is 14.5. The second-order valence-electron chi connectivity index (χ2n) is 16.5. The first-order chi connectivity index (χ1) is 23.0. The molecule has 2 aromatic rings. The molecule has 6 rings (SSSR count). The van der Waals surface area contributed by atoms with Gasteiger partial charge in [0.15, 0.2) is 0 Å². The summed E-state index contributed by atoms with van der Waals surface area (Å²) >= 11 is 0. The minimum Gasteiger partial charge on any atom is -0.444 e. The zero-order valence-electron chi connectivity index (χ0n) is 30.5. The average molecular weight is 677 g/mol. The Morgan fingerprint density at radius 2 is 1.73 bits per heavy atom. The van der Waals surface area contributed by atoms with Crippen molar-refractivity contribution < 1.29 is 23.9 Å². The molecule has 4 aliphatic rings. The number of benzene rings is 2. The molecule has 0 spiro atoms. The van der Waals surface area contributed by atoms with Gasteiger partial charge in [0.2, 0.25) is 11.9 Å². The first kappa shape index (κ1) is 36.6. The van der Waals surface area contributed by atoms with Gasteiger partial charge in [-0.2, -0.15) is 0 Å². The molecule has 3 aliphatic heterocycles. The largest absolute Gasteiger partial charge is 0.444 e. The summed E-state index contributed by atoms with van der Waals surface area (Å²) < 4.78 is 10.9. The highest BCUT2D eigenvalue weighted by atomic mass is 16.6. The highest BCUT2D eigenvalue weighted by molar-refractivity contribution is 5.99. The Kier molecular flexibility index (Phi) is 10.6. The van der Waals surface area contributed by atoms with E-state index in [1.54, 1.807) is 41.5 Å². The number of carbonyl (C=O) groups excluding carboxylic acids is 3. The number of amides is 3. The standard InChI is InChI=1S/C38H56N6O5/c1-24(2)19-30-27-20-28-23-43(17-12-18-44(35(47)49-37(6,7)8)33(39)42-34(46)48-36(3,4)5)31(30)38(28,41-22-27)32(45)40-21-26-15-11-14-25-13-9-10-16-29(25)26/h9-11,13-16,24,27-28,30-31,41H,12,17-23H2,1-8H3,(H,40,45)(H2,39,42,46). The average Bonchev–Trinajstić information content (AvgIpc) is 3.26. The summed E-state index contributed by atoms with van der Waals surface area (Å²) in [6, 6.07) is 14.5. The van der Waals surface area contributed by atoms with E-state index in [4.69, 9.17) is 14.9 Å². The van der Waals surface area contributed by atoms with E-state index in [-0.39, 0.29) is 24.4 Å². The van der Waals surface area contributed by atoms with Crippen molar-refractivity contribution in [3.8, 4) is 0 Å². The molecule has 3 saturated heterocycles. The third-order valence-electron chi connectivity index (χ3n) is 9.98. The highest BCUT2D eigenvalue weighted by Crippen LogP contribution is 2.54. The first-order valence-corrected chi connectivity index (χ1v) is 17.8.